The summed E-state index contributed by atoms with van der Waals surface area (Å²) in [5.41, 5.74) is 0.858. The average Bonchev–Trinajstić information content (AvgIpc) is 2.46. The normalized spacial score (nSPS) is 14.7. The summed E-state index contributed by atoms with van der Waals surface area (Å²) >= 11 is 0. The van der Waals surface area contributed by atoms with E-state index in [0.717, 1.165) is 6.42 Å². The Bertz CT molecular complexity index is 451. The molecule has 1 unspecified atom stereocenters. The number of carbonyl (C=O) groups is 1. The second kappa shape index (κ2) is 7.85. The zero-order valence-corrected chi connectivity index (χ0v) is 12.8. The summed E-state index contributed by atoms with van der Waals surface area (Å²) in [6.45, 7) is 8.11. The van der Waals surface area contributed by atoms with Crippen LogP contribution in [-0.4, -0.2) is 19.0 Å². The number of allylic oxidation sites excluding steroid dienone is 1. The molecule has 1 aromatic carbocycles. The molecule has 0 amide bonds. The predicted octanol–water partition coefficient (Wildman–Crippen LogP) is 3.84. The highest BCUT2D eigenvalue weighted by molar-refractivity contribution is 5.76. The molecule has 0 aliphatic carbocycles. The zero-order chi connectivity index (χ0) is 15.0. The maximum atomic E-state index is 10.8. The first-order valence-electron chi connectivity index (χ1n) is 6.96. The molecule has 1 rings (SSSR count). The van der Waals surface area contributed by atoms with Gasteiger partial charge in [0.2, 0.25) is 0 Å². The summed E-state index contributed by atoms with van der Waals surface area (Å²) < 4.78 is 11.3. The third-order valence-corrected chi connectivity index (χ3v) is 3.33. The number of carbonyl (C=O) groups excluding carboxylic acids is 1. The van der Waals surface area contributed by atoms with Gasteiger partial charge in [-0.05, 0) is 38.8 Å². The van der Waals surface area contributed by atoms with E-state index in [4.69, 9.17) is 9.47 Å². The van der Waals surface area contributed by atoms with E-state index in [-0.39, 0.29) is 18.0 Å². The SMILES string of the molecule is CCC(C)(OC/C=C(\C)OCC(C)=O)c1ccccc1. The van der Waals surface area contributed by atoms with Gasteiger partial charge in [-0.2, -0.15) is 0 Å². The Balaban J connectivity index is 2.57. The molecular weight excluding hydrogens is 252 g/mol. The molecule has 0 aliphatic rings. The fourth-order valence-corrected chi connectivity index (χ4v) is 1.80. The number of ketones is 1. The zero-order valence-electron chi connectivity index (χ0n) is 12.8. The van der Waals surface area contributed by atoms with Crippen molar-refractivity contribution in [3.8, 4) is 0 Å². The van der Waals surface area contributed by atoms with E-state index in [1.54, 1.807) is 0 Å². The van der Waals surface area contributed by atoms with Crippen LogP contribution in [0.25, 0.3) is 0 Å². The molecule has 0 aromatic heterocycles. The predicted molar refractivity (Wildman–Crippen MR) is 80.4 cm³/mol. The minimum absolute atomic E-state index is 0.0151. The van der Waals surface area contributed by atoms with E-state index in [2.05, 4.69) is 26.0 Å². The lowest BCUT2D eigenvalue weighted by molar-refractivity contribution is -0.120. The van der Waals surface area contributed by atoms with Gasteiger partial charge in [-0.15, -0.1) is 0 Å². The van der Waals surface area contributed by atoms with Gasteiger partial charge < -0.3 is 9.47 Å². The summed E-state index contributed by atoms with van der Waals surface area (Å²) in [5, 5.41) is 0. The molecule has 3 heteroatoms. The second-order valence-electron chi connectivity index (χ2n) is 5.07. The third-order valence-electron chi connectivity index (χ3n) is 3.33. The van der Waals surface area contributed by atoms with E-state index in [0.29, 0.717) is 12.4 Å². The quantitative estimate of drug-likeness (QED) is 0.677. The van der Waals surface area contributed by atoms with Crippen molar-refractivity contribution in [3.05, 3.63) is 47.7 Å². The fraction of sp³-hybridized carbons (Fsp3) is 0.471. The fourth-order valence-electron chi connectivity index (χ4n) is 1.80. The number of benzene rings is 1. The van der Waals surface area contributed by atoms with E-state index >= 15 is 0 Å². The van der Waals surface area contributed by atoms with E-state index in [1.807, 2.05) is 31.2 Å². The van der Waals surface area contributed by atoms with Crippen LogP contribution in [0.1, 0.15) is 39.7 Å². The molecule has 0 spiro atoms. The summed E-state index contributed by atoms with van der Waals surface area (Å²) in [4.78, 5) is 10.8. The average molecular weight is 276 g/mol. The van der Waals surface area contributed by atoms with Gasteiger partial charge in [-0.3, -0.25) is 4.79 Å². The summed E-state index contributed by atoms with van der Waals surface area (Å²) in [6, 6.07) is 10.2. The minimum atomic E-state index is -0.307. The van der Waals surface area contributed by atoms with Gasteiger partial charge in [-0.1, -0.05) is 37.3 Å². The van der Waals surface area contributed by atoms with Crippen molar-refractivity contribution in [1.82, 2.24) is 0 Å². The lowest BCUT2D eigenvalue weighted by Gasteiger charge is -2.28. The highest BCUT2D eigenvalue weighted by atomic mass is 16.5. The van der Waals surface area contributed by atoms with Crippen molar-refractivity contribution >= 4 is 5.78 Å². The molecular formula is C17H24O3. The lowest BCUT2D eigenvalue weighted by atomic mass is 9.93. The molecule has 1 aromatic rings. The van der Waals surface area contributed by atoms with E-state index in [1.165, 1.54) is 12.5 Å². The molecule has 3 nitrogen and oxygen atoms in total. The monoisotopic (exact) mass is 276 g/mol. The van der Waals surface area contributed by atoms with Gasteiger partial charge in [0.15, 0.2) is 5.78 Å². The molecule has 110 valence electrons. The topological polar surface area (TPSA) is 35.5 Å². The van der Waals surface area contributed by atoms with E-state index in [9.17, 15) is 4.79 Å². The van der Waals surface area contributed by atoms with Gasteiger partial charge in [-0.25, -0.2) is 0 Å². The largest absolute Gasteiger partial charge is 0.491 e. The molecule has 0 fully saturated rings. The number of hydrogen-bond acceptors (Lipinski definition) is 3. The lowest BCUT2D eigenvalue weighted by Crippen LogP contribution is -2.25. The van der Waals surface area contributed by atoms with Gasteiger partial charge in [0, 0.05) is 0 Å². The Morgan fingerprint density at radius 1 is 1.25 bits per heavy atom. The first-order valence-corrected chi connectivity index (χ1v) is 6.96. The Morgan fingerprint density at radius 2 is 1.90 bits per heavy atom. The molecule has 0 bridgehead atoms. The molecule has 0 saturated carbocycles. The van der Waals surface area contributed by atoms with Crippen LogP contribution >= 0.6 is 0 Å². The van der Waals surface area contributed by atoms with Crippen LogP contribution in [0.4, 0.5) is 0 Å². The van der Waals surface area contributed by atoms with Crippen molar-refractivity contribution in [2.45, 2.75) is 39.7 Å². The van der Waals surface area contributed by atoms with Crippen molar-refractivity contribution in [3.63, 3.8) is 0 Å². The number of ether oxygens (including phenoxy) is 2. The van der Waals surface area contributed by atoms with Crippen molar-refractivity contribution in [2.24, 2.45) is 0 Å². The minimum Gasteiger partial charge on any atom is -0.491 e. The molecule has 0 aliphatic heterocycles. The number of rotatable bonds is 8. The maximum absolute atomic E-state index is 10.8. The van der Waals surface area contributed by atoms with Crippen LogP contribution in [0.3, 0.4) is 0 Å². The van der Waals surface area contributed by atoms with Gasteiger partial charge in [0.25, 0.3) is 0 Å². The Morgan fingerprint density at radius 3 is 2.45 bits per heavy atom. The smallest absolute Gasteiger partial charge is 0.167 e. The van der Waals surface area contributed by atoms with Crippen molar-refractivity contribution in [2.75, 3.05) is 13.2 Å². The van der Waals surface area contributed by atoms with Crippen LogP contribution in [0.5, 0.6) is 0 Å². The molecule has 1 atom stereocenters. The second-order valence-corrected chi connectivity index (χ2v) is 5.07. The van der Waals surface area contributed by atoms with Gasteiger partial charge in [0.1, 0.15) is 6.61 Å². The summed E-state index contributed by atoms with van der Waals surface area (Å²) in [7, 11) is 0. The molecule has 0 saturated heterocycles. The van der Waals surface area contributed by atoms with Crippen molar-refractivity contribution < 1.29 is 14.3 Å². The van der Waals surface area contributed by atoms with Gasteiger partial charge >= 0.3 is 0 Å². The highest BCUT2D eigenvalue weighted by Crippen LogP contribution is 2.28. The maximum Gasteiger partial charge on any atom is 0.167 e. The first-order chi connectivity index (χ1) is 9.48. The molecule has 0 heterocycles. The number of Topliss-reactive ketones (excluding diaryl/α,β-unsaturated/α-hetero) is 1. The first kappa shape index (κ1) is 16.4. The van der Waals surface area contributed by atoms with Crippen LogP contribution in [0.15, 0.2) is 42.2 Å². The molecule has 0 radical (unpaired) electrons. The summed E-state index contributed by atoms with van der Waals surface area (Å²) in [6.07, 6.45) is 2.75. The standard InChI is InChI=1S/C17H24O3/c1-5-17(4,16-9-7-6-8-10-16)20-12-11-15(3)19-13-14(2)18/h6-11H,5,12-13H2,1-4H3/b15-11+. The summed E-state index contributed by atoms with van der Waals surface area (Å²) in [5.74, 6) is 0.730. The Labute approximate surface area is 121 Å². The van der Waals surface area contributed by atoms with Gasteiger partial charge in [0.05, 0.1) is 18.0 Å². The van der Waals surface area contributed by atoms with E-state index < -0.39 is 0 Å². The molecule has 20 heavy (non-hydrogen) atoms. The Hall–Kier alpha value is -1.61. The Kier molecular flexibility index (Phi) is 6.46. The third kappa shape index (κ3) is 5.17. The number of hydrogen-bond donors (Lipinski definition) is 0. The highest BCUT2D eigenvalue weighted by Gasteiger charge is 2.24. The van der Waals surface area contributed by atoms with Crippen molar-refractivity contribution in [1.29, 1.82) is 0 Å². The van der Waals surface area contributed by atoms with Crippen LogP contribution in [0, 0.1) is 0 Å². The van der Waals surface area contributed by atoms with Crippen LogP contribution in [0.2, 0.25) is 0 Å². The van der Waals surface area contributed by atoms with Crippen LogP contribution in [-0.2, 0) is 19.9 Å². The van der Waals surface area contributed by atoms with Crippen LogP contribution < -0.4 is 0 Å². The molecule has 0 N–H and O–H groups in total.